The Balaban J connectivity index is 1.68. The van der Waals surface area contributed by atoms with E-state index in [-0.39, 0.29) is 5.54 Å². The maximum Gasteiger partial charge on any atom is 0.191 e. The largest absolute Gasteiger partial charge is 0.497 e. The molecule has 1 unspecified atom stereocenters. The molecule has 1 saturated carbocycles. The molecule has 2 aliphatic rings. The summed E-state index contributed by atoms with van der Waals surface area (Å²) in [6.45, 7) is 7.45. The molecule has 2 fully saturated rings. The normalized spacial score (nSPS) is 20.4. The first-order chi connectivity index (χ1) is 15.6. The molecule has 0 amide bonds. The van der Waals surface area contributed by atoms with Crippen LogP contribution < -0.4 is 20.1 Å². The molecular formula is C24H40N4O4. The zero-order valence-electron chi connectivity index (χ0n) is 19.9. The maximum atomic E-state index is 10.8. The third-order valence-corrected chi connectivity index (χ3v) is 6.60. The van der Waals surface area contributed by atoms with E-state index in [1.54, 1.807) is 14.2 Å². The second-order valence-corrected chi connectivity index (χ2v) is 8.58. The maximum absolute atomic E-state index is 10.8. The number of guanidine groups is 1. The number of rotatable bonds is 9. The summed E-state index contributed by atoms with van der Waals surface area (Å²) in [5.41, 5.74) is 0.797. The van der Waals surface area contributed by atoms with Crippen molar-refractivity contribution < 1.29 is 19.3 Å². The van der Waals surface area contributed by atoms with E-state index in [9.17, 15) is 5.11 Å². The summed E-state index contributed by atoms with van der Waals surface area (Å²) < 4.78 is 16.3. The van der Waals surface area contributed by atoms with E-state index in [0.29, 0.717) is 23.6 Å². The van der Waals surface area contributed by atoms with Gasteiger partial charge >= 0.3 is 0 Å². The minimum atomic E-state index is -0.758. The van der Waals surface area contributed by atoms with Crippen LogP contribution in [0.15, 0.2) is 23.2 Å². The van der Waals surface area contributed by atoms with Gasteiger partial charge in [0.15, 0.2) is 5.96 Å². The van der Waals surface area contributed by atoms with E-state index in [4.69, 9.17) is 19.2 Å². The van der Waals surface area contributed by atoms with Crippen molar-refractivity contribution in [2.75, 3.05) is 60.2 Å². The number of methoxy groups -OCH3 is 2. The minimum absolute atomic E-state index is 0.110. The summed E-state index contributed by atoms with van der Waals surface area (Å²) in [6, 6.07) is 5.44. The zero-order chi connectivity index (χ0) is 22.8. The predicted octanol–water partition coefficient (Wildman–Crippen LogP) is 2.33. The fraction of sp³-hybridized carbons (Fsp3) is 0.708. The SMILES string of the molecule is CCNC(=NCC1(N2CCOCC2)CCCCC1)NCC(O)c1cc(OC)ccc1OC. The van der Waals surface area contributed by atoms with Crippen LogP contribution in [0.1, 0.15) is 50.7 Å². The molecule has 3 rings (SSSR count). The second kappa shape index (κ2) is 12.3. The Bertz CT molecular complexity index is 731. The number of aliphatic imine (C=N–C) groups is 1. The van der Waals surface area contributed by atoms with Gasteiger partial charge in [-0.3, -0.25) is 9.89 Å². The Morgan fingerprint density at radius 3 is 2.56 bits per heavy atom. The summed E-state index contributed by atoms with van der Waals surface area (Å²) in [5.74, 6) is 2.05. The van der Waals surface area contributed by atoms with Crippen molar-refractivity contribution in [1.82, 2.24) is 15.5 Å². The van der Waals surface area contributed by atoms with Crippen molar-refractivity contribution in [3.8, 4) is 11.5 Å². The molecule has 1 saturated heterocycles. The lowest BCUT2D eigenvalue weighted by molar-refractivity contribution is -0.0333. The molecule has 1 aromatic carbocycles. The minimum Gasteiger partial charge on any atom is -0.497 e. The molecule has 3 N–H and O–H groups in total. The topological polar surface area (TPSA) is 87.6 Å². The number of nitrogens with zero attached hydrogens (tertiary/aromatic N) is 2. The number of nitrogens with one attached hydrogen (secondary N) is 2. The number of aliphatic hydroxyl groups excluding tert-OH is 1. The van der Waals surface area contributed by atoms with Gasteiger partial charge < -0.3 is 30.0 Å². The highest BCUT2D eigenvalue weighted by atomic mass is 16.5. The molecule has 0 radical (unpaired) electrons. The number of morpholine rings is 1. The number of hydrogen-bond acceptors (Lipinski definition) is 6. The average Bonchev–Trinajstić information content (AvgIpc) is 2.86. The summed E-state index contributed by atoms with van der Waals surface area (Å²) in [6.07, 6.45) is 5.42. The molecular weight excluding hydrogens is 408 g/mol. The van der Waals surface area contributed by atoms with Crippen molar-refractivity contribution in [2.45, 2.75) is 50.7 Å². The van der Waals surface area contributed by atoms with Crippen LogP contribution in [-0.2, 0) is 4.74 Å². The van der Waals surface area contributed by atoms with Crippen LogP contribution in [-0.4, -0.2) is 81.7 Å². The van der Waals surface area contributed by atoms with Gasteiger partial charge in [0.1, 0.15) is 11.5 Å². The monoisotopic (exact) mass is 448 g/mol. The van der Waals surface area contributed by atoms with Crippen molar-refractivity contribution in [3.05, 3.63) is 23.8 Å². The molecule has 8 nitrogen and oxygen atoms in total. The second-order valence-electron chi connectivity index (χ2n) is 8.58. The quantitative estimate of drug-likeness (QED) is 0.395. The third kappa shape index (κ3) is 6.27. The van der Waals surface area contributed by atoms with E-state index in [2.05, 4.69) is 22.5 Å². The third-order valence-electron chi connectivity index (χ3n) is 6.60. The lowest BCUT2D eigenvalue weighted by Crippen LogP contribution is -2.56. The highest BCUT2D eigenvalue weighted by Crippen LogP contribution is 2.34. The van der Waals surface area contributed by atoms with Crippen LogP contribution in [0, 0.1) is 0 Å². The van der Waals surface area contributed by atoms with E-state index < -0.39 is 6.10 Å². The molecule has 0 bridgehead atoms. The van der Waals surface area contributed by atoms with Crippen LogP contribution in [0.5, 0.6) is 11.5 Å². The predicted molar refractivity (Wildman–Crippen MR) is 127 cm³/mol. The molecule has 1 heterocycles. The van der Waals surface area contributed by atoms with Gasteiger partial charge in [0, 0.05) is 37.3 Å². The van der Waals surface area contributed by atoms with Crippen LogP contribution in [0.4, 0.5) is 0 Å². The average molecular weight is 449 g/mol. The fourth-order valence-corrected chi connectivity index (χ4v) is 4.79. The summed E-state index contributed by atoms with van der Waals surface area (Å²) in [5, 5.41) is 17.5. The smallest absolute Gasteiger partial charge is 0.191 e. The molecule has 8 heteroatoms. The molecule has 32 heavy (non-hydrogen) atoms. The van der Waals surface area contributed by atoms with Gasteiger partial charge in [-0.25, -0.2) is 0 Å². The standard InChI is InChI=1S/C24H40N4O4/c1-4-25-23(26-17-21(29)20-16-19(30-2)8-9-22(20)31-3)27-18-24(10-6-5-7-11-24)28-12-14-32-15-13-28/h8-9,16,21,29H,4-7,10-15,17-18H2,1-3H3,(H2,25,26,27). The highest BCUT2D eigenvalue weighted by Gasteiger charge is 2.38. The van der Waals surface area contributed by atoms with Crippen LogP contribution in [0.25, 0.3) is 0 Å². The number of benzene rings is 1. The van der Waals surface area contributed by atoms with Gasteiger partial charge in [0.05, 0.1) is 40.1 Å². The molecule has 1 atom stereocenters. The van der Waals surface area contributed by atoms with E-state index in [0.717, 1.165) is 45.4 Å². The molecule has 0 aromatic heterocycles. The molecule has 0 spiro atoms. The Labute approximate surface area is 192 Å². The molecule has 1 aliphatic heterocycles. The van der Waals surface area contributed by atoms with Crippen LogP contribution in [0.2, 0.25) is 0 Å². The van der Waals surface area contributed by atoms with Gasteiger partial charge in [-0.05, 0) is 38.0 Å². The molecule has 1 aliphatic carbocycles. The summed E-state index contributed by atoms with van der Waals surface area (Å²) in [7, 11) is 3.22. The van der Waals surface area contributed by atoms with Gasteiger partial charge in [-0.2, -0.15) is 0 Å². The van der Waals surface area contributed by atoms with Gasteiger partial charge in [-0.15, -0.1) is 0 Å². The lowest BCUT2D eigenvalue weighted by atomic mass is 9.80. The van der Waals surface area contributed by atoms with Gasteiger partial charge in [-0.1, -0.05) is 19.3 Å². The van der Waals surface area contributed by atoms with Crippen molar-refractivity contribution >= 4 is 5.96 Å². The zero-order valence-corrected chi connectivity index (χ0v) is 19.9. The number of hydrogen-bond donors (Lipinski definition) is 3. The summed E-state index contributed by atoms with van der Waals surface area (Å²) >= 11 is 0. The van der Waals surface area contributed by atoms with Crippen LogP contribution >= 0.6 is 0 Å². The van der Waals surface area contributed by atoms with E-state index >= 15 is 0 Å². The first-order valence-electron chi connectivity index (χ1n) is 11.9. The number of ether oxygens (including phenoxy) is 3. The van der Waals surface area contributed by atoms with Gasteiger partial charge in [0.2, 0.25) is 0 Å². The van der Waals surface area contributed by atoms with E-state index in [1.807, 2.05) is 18.2 Å². The van der Waals surface area contributed by atoms with Crippen molar-refractivity contribution in [3.63, 3.8) is 0 Å². The Hall–Kier alpha value is -2.03. The van der Waals surface area contributed by atoms with Crippen molar-refractivity contribution in [2.24, 2.45) is 4.99 Å². The fourth-order valence-electron chi connectivity index (χ4n) is 4.79. The van der Waals surface area contributed by atoms with Gasteiger partial charge in [0.25, 0.3) is 0 Å². The number of aliphatic hydroxyl groups is 1. The first-order valence-corrected chi connectivity index (χ1v) is 11.9. The molecule has 1 aromatic rings. The first kappa shape index (κ1) is 24.6. The Morgan fingerprint density at radius 1 is 1.16 bits per heavy atom. The molecule has 180 valence electrons. The highest BCUT2D eigenvalue weighted by molar-refractivity contribution is 5.79. The van der Waals surface area contributed by atoms with Crippen molar-refractivity contribution in [1.29, 1.82) is 0 Å². The lowest BCUT2D eigenvalue weighted by Gasteiger charge is -2.47. The Morgan fingerprint density at radius 2 is 1.91 bits per heavy atom. The van der Waals surface area contributed by atoms with Crippen LogP contribution in [0.3, 0.4) is 0 Å². The Kier molecular flexibility index (Phi) is 9.44. The summed E-state index contributed by atoms with van der Waals surface area (Å²) in [4.78, 5) is 7.57. The van der Waals surface area contributed by atoms with E-state index in [1.165, 1.54) is 32.1 Å².